The summed E-state index contributed by atoms with van der Waals surface area (Å²) in [4.78, 5) is 11.4. The largest absolute Gasteiger partial charge is 0.488 e. The average molecular weight is 263 g/mol. The number of rotatable bonds is 5. The molecule has 0 saturated heterocycles. The second-order valence-corrected chi connectivity index (χ2v) is 6.32. The Balaban J connectivity index is 2.74. The second kappa shape index (κ2) is 6.09. The molecule has 0 bridgehead atoms. The Hall–Kier alpha value is -1.51. The molecule has 0 spiro atoms. The van der Waals surface area contributed by atoms with E-state index in [1.54, 1.807) is 0 Å². The van der Waals surface area contributed by atoms with Gasteiger partial charge in [0.2, 0.25) is 5.91 Å². The molecule has 1 amide bonds. The molecule has 2 N–H and O–H groups in total. The molecule has 1 aromatic carbocycles. The van der Waals surface area contributed by atoms with E-state index in [4.69, 9.17) is 10.5 Å². The molecule has 3 nitrogen and oxygen atoms in total. The van der Waals surface area contributed by atoms with Crippen molar-refractivity contribution >= 4 is 5.91 Å². The first-order valence-electron chi connectivity index (χ1n) is 6.76. The van der Waals surface area contributed by atoms with Crippen LogP contribution in [0, 0.1) is 11.8 Å². The van der Waals surface area contributed by atoms with Crippen LogP contribution in [0.2, 0.25) is 0 Å². The van der Waals surface area contributed by atoms with E-state index in [2.05, 4.69) is 0 Å². The number of hydrogen-bond acceptors (Lipinski definition) is 2. The van der Waals surface area contributed by atoms with E-state index in [1.807, 2.05) is 58.9 Å². The van der Waals surface area contributed by atoms with Crippen LogP contribution < -0.4 is 10.5 Å². The highest BCUT2D eigenvalue weighted by Crippen LogP contribution is 2.21. The first-order chi connectivity index (χ1) is 8.69. The van der Waals surface area contributed by atoms with Gasteiger partial charge in [0.05, 0.1) is 0 Å². The van der Waals surface area contributed by atoms with Gasteiger partial charge in [0.15, 0.2) is 0 Å². The fourth-order valence-corrected chi connectivity index (χ4v) is 1.97. The monoisotopic (exact) mass is 263 g/mol. The van der Waals surface area contributed by atoms with E-state index in [0.717, 1.165) is 11.3 Å². The van der Waals surface area contributed by atoms with Crippen LogP contribution in [0.4, 0.5) is 0 Å². The number of carbonyl (C=O) groups is 1. The maximum atomic E-state index is 11.4. The fourth-order valence-electron chi connectivity index (χ4n) is 1.97. The van der Waals surface area contributed by atoms with E-state index in [-0.39, 0.29) is 23.3 Å². The summed E-state index contributed by atoms with van der Waals surface area (Å²) in [7, 11) is 0. The molecule has 0 aromatic heterocycles. The van der Waals surface area contributed by atoms with Crippen molar-refractivity contribution in [3.05, 3.63) is 29.8 Å². The number of benzene rings is 1. The van der Waals surface area contributed by atoms with Crippen molar-refractivity contribution < 1.29 is 9.53 Å². The molecule has 0 radical (unpaired) electrons. The first kappa shape index (κ1) is 15.5. The predicted molar refractivity (Wildman–Crippen MR) is 78.0 cm³/mol. The zero-order valence-corrected chi connectivity index (χ0v) is 12.6. The molecule has 0 heterocycles. The van der Waals surface area contributed by atoms with Crippen LogP contribution in [0.1, 0.15) is 40.2 Å². The van der Waals surface area contributed by atoms with Crippen molar-refractivity contribution in [2.45, 2.75) is 46.6 Å². The van der Waals surface area contributed by atoms with E-state index >= 15 is 0 Å². The average Bonchev–Trinajstić information content (AvgIpc) is 2.25. The standard InChI is InChI=1S/C16H25NO2/c1-11(2)14(15(17)18)10-12-6-8-13(9-7-12)19-16(3,4)5/h6-9,11,14H,10H2,1-5H3,(H2,17,18). The molecule has 0 saturated carbocycles. The van der Waals surface area contributed by atoms with Crippen LogP contribution in [-0.2, 0) is 11.2 Å². The number of amides is 1. The van der Waals surface area contributed by atoms with Gasteiger partial charge in [0.25, 0.3) is 0 Å². The third-order valence-corrected chi connectivity index (χ3v) is 2.97. The maximum absolute atomic E-state index is 11.4. The second-order valence-electron chi connectivity index (χ2n) is 6.32. The third-order valence-electron chi connectivity index (χ3n) is 2.97. The predicted octanol–water partition coefficient (Wildman–Crippen LogP) is 3.16. The van der Waals surface area contributed by atoms with Crippen LogP contribution in [-0.4, -0.2) is 11.5 Å². The van der Waals surface area contributed by atoms with E-state index in [9.17, 15) is 4.79 Å². The Morgan fingerprint density at radius 3 is 2.11 bits per heavy atom. The highest BCUT2D eigenvalue weighted by atomic mass is 16.5. The fraction of sp³-hybridized carbons (Fsp3) is 0.562. The van der Waals surface area contributed by atoms with Crippen LogP contribution in [0.15, 0.2) is 24.3 Å². The van der Waals surface area contributed by atoms with Gasteiger partial charge >= 0.3 is 0 Å². The number of carbonyl (C=O) groups excluding carboxylic acids is 1. The Bertz CT molecular complexity index is 415. The first-order valence-corrected chi connectivity index (χ1v) is 6.76. The Kier molecular flexibility index (Phi) is 4.98. The molecule has 1 unspecified atom stereocenters. The van der Waals surface area contributed by atoms with Crippen molar-refractivity contribution in [1.82, 2.24) is 0 Å². The van der Waals surface area contributed by atoms with Crippen molar-refractivity contribution in [2.75, 3.05) is 0 Å². The van der Waals surface area contributed by atoms with Gasteiger partial charge in [0, 0.05) is 5.92 Å². The SMILES string of the molecule is CC(C)C(Cc1ccc(OC(C)(C)C)cc1)C(N)=O. The summed E-state index contributed by atoms with van der Waals surface area (Å²) in [5.74, 6) is 0.749. The molecule has 1 rings (SSSR count). The molecule has 0 aliphatic rings. The zero-order chi connectivity index (χ0) is 14.6. The Morgan fingerprint density at radius 2 is 1.74 bits per heavy atom. The summed E-state index contributed by atoms with van der Waals surface area (Å²) in [5.41, 5.74) is 6.35. The van der Waals surface area contributed by atoms with Crippen LogP contribution >= 0.6 is 0 Å². The lowest BCUT2D eigenvalue weighted by Crippen LogP contribution is -2.29. The van der Waals surface area contributed by atoms with Gasteiger partial charge < -0.3 is 10.5 Å². The molecular weight excluding hydrogens is 238 g/mol. The van der Waals surface area contributed by atoms with E-state index in [0.29, 0.717) is 6.42 Å². The van der Waals surface area contributed by atoms with Gasteiger partial charge in [-0.3, -0.25) is 4.79 Å². The summed E-state index contributed by atoms with van der Waals surface area (Å²) in [5, 5.41) is 0. The van der Waals surface area contributed by atoms with Gasteiger partial charge in [-0.05, 0) is 50.8 Å². The molecule has 106 valence electrons. The summed E-state index contributed by atoms with van der Waals surface area (Å²) >= 11 is 0. The lowest BCUT2D eigenvalue weighted by molar-refractivity contribution is -0.123. The summed E-state index contributed by atoms with van der Waals surface area (Å²) in [6.07, 6.45) is 0.683. The van der Waals surface area contributed by atoms with E-state index in [1.165, 1.54) is 0 Å². The van der Waals surface area contributed by atoms with Gasteiger partial charge in [-0.1, -0.05) is 26.0 Å². The lowest BCUT2D eigenvalue weighted by Gasteiger charge is -2.22. The quantitative estimate of drug-likeness (QED) is 0.887. The minimum absolute atomic E-state index is 0.116. The summed E-state index contributed by atoms with van der Waals surface area (Å²) < 4.78 is 5.76. The molecular formula is C16H25NO2. The number of primary amides is 1. The highest BCUT2D eigenvalue weighted by Gasteiger charge is 2.20. The van der Waals surface area contributed by atoms with Crippen LogP contribution in [0.25, 0.3) is 0 Å². The number of hydrogen-bond donors (Lipinski definition) is 1. The topological polar surface area (TPSA) is 52.3 Å². The minimum Gasteiger partial charge on any atom is -0.488 e. The molecule has 0 aliphatic heterocycles. The minimum atomic E-state index is -0.231. The summed E-state index contributed by atoms with van der Waals surface area (Å²) in [6, 6.07) is 7.89. The van der Waals surface area contributed by atoms with Crippen molar-refractivity contribution in [2.24, 2.45) is 17.6 Å². The van der Waals surface area contributed by atoms with Crippen LogP contribution in [0.3, 0.4) is 0 Å². The van der Waals surface area contributed by atoms with Crippen molar-refractivity contribution in [3.63, 3.8) is 0 Å². The van der Waals surface area contributed by atoms with Gasteiger partial charge in [-0.15, -0.1) is 0 Å². The third kappa shape index (κ3) is 5.33. The van der Waals surface area contributed by atoms with Gasteiger partial charge in [-0.2, -0.15) is 0 Å². The van der Waals surface area contributed by atoms with Crippen molar-refractivity contribution in [1.29, 1.82) is 0 Å². The van der Waals surface area contributed by atoms with Gasteiger partial charge in [-0.25, -0.2) is 0 Å². The van der Waals surface area contributed by atoms with E-state index < -0.39 is 0 Å². The Morgan fingerprint density at radius 1 is 1.21 bits per heavy atom. The maximum Gasteiger partial charge on any atom is 0.221 e. The summed E-state index contributed by atoms with van der Waals surface area (Å²) in [6.45, 7) is 10.1. The zero-order valence-electron chi connectivity index (χ0n) is 12.6. The van der Waals surface area contributed by atoms with Crippen molar-refractivity contribution in [3.8, 4) is 5.75 Å². The molecule has 19 heavy (non-hydrogen) atoms. The smallest absolute Gasteiger partial charge is 0.221 e. The number of ether oxygens (including phenoxy) is 1. The lowest BCUT2D eigenvalue weighted by atomic mass is 9.89. The van der Waals surface area contributed by atoms with Gasteiger partial charge in [0.1, 0.15) is 11.4 Å². The Labute approximate surface area is 116 Å². The molecule has 1 atom stereocenters. The number of nitrogens with two attached hydrogens (primary N) is 1. The molecule has 0 fully saturated rings. The molecule has 0 aliphatic carbocycles. The normalized spacial score (nSPS) is 13.4. The molecule has 1 aromatic rings. The highest BCUT2D eigenvalue weighted by molar-refractivity contribution is 5.77. The molecule has 3 heteroatoms. The van der Waals surface area contributed by atoms with Crippen LogP contribution in [0.5, 0.6) is 5.75 Å².